The maximum atomic E-state index is 5.76. The lowest BCUT2D eigenvalue weighted by atomic mass is 10.3. The number of aromatic nitrogens is 5. The molecular weight excluding hydrogens is 236 g/mol. The Labute approximate surface area is 104 Å². The van der Waals surface area contributed by atoms with Crippen LogP contribution in [0.4, 0.5) is 0 Å². The maximum absolute atomic E-state index is 5.76. The molecule has 0 saturated heterocycles. The van der Waals surface area contributed by atoms with Crippen molar-refractivity contribution in [2.24, 2.45) is 0 Å². The van der Waals surface area contributed by atoms with Crippen LogP contribution in [0.1, 0.15) is 25.5 Å². The molecule has 2 aromatic rings. The molecule has 0 amide bonds. The van der Waals surface area contributed by atoms with Crippen molar-refractivity contribution in [3.63, 3.8) is 0 Å². The lowest BCUT2D eigenvalue weighted by Crippen LogP contribution is -2.10. The molecule has 0 aliphatic rings. The molecular formula is C10H16N6S. The predicted molar refractivity (Wildman–Crippen MR) is 68.4 cm³/mol. The number of nitrogens with one attached hydrogen (secondary N) is 1. The first kappa shape index (κ1) is 11.8. The highest BCUT2D eigenvalue weighted by atomic mass is 32.1. The first-order valence-corrected chi connectivity index (χ1v) is 6.01. The van der Waals surface area contributed by atoms with Gasteiger partial charge >= 0.3 is 0 Å². The number of aromatic amines is 1. The van der Waals surface area contributed by atoms with Gasteiger partial charge in [0.1, 0.15) is 5.69 Å². The van der Waals surface area contributed by atoms with Crippen molar-refractivity contribution in [2.45, 2.75) is 33.2 Å². The lowest BCUT2D eigenvalue weighted by molar-refractivity contribution is 0.560. The molecule has 0 saturated carbocycles. The molecule has 92 valence electrons. The fourth-order valence-corrected chi connectivity index (χ4v) is 1.77. The molecule has 0 spiro atoms. The van der Waals surface area contributed by atoms with Crippen LogP contribution in [-0.2, 0) is 6.54 Å². The minimum Gasteiger partial charge on any atom is -0.335 e. The normalized spacial score (nSPS) is 10.9. The summed E-state index contributed by atoms with van der Waals surface area (Å²) in [6.45, 7) is 5.09. The Morgan fingerprint density at radius 1 is 1.53 bits per heavy atom. The standard InChI is InChI=1S/C10H16N6S/c1-3-4-5-15-7(2)6-8(14-15)9-12-13-10(17)16(9)11/h6H,3-5,11H2,1-2H3,(H,13,17). The molecule has 0 atom stereocenters. The number of nitrogens with two attached hydrogens (primary N) is 1. The van der Waals surface area contributed by atoms with E-state index in [0.29, 0.717) is 10.6 Å². The van der Waals surface area contributed by atoms with Gasteiger partial charge in [-0.3, -0.25) is 4.68 Å². The second-order valence-electron chi connectivity index (χ2n) is 3.97. The summed E-state index contributed by atoms with van der Waals surface area (Å²) in [5.41, 5.74) is 1.84. The van der Waals surface area contributed by atoms with Crippen LogP contribution in [0.25, 0.3) is 11.5 Å². The molecule has 17 heavy (non-hydrogen) atoms. The van der Waals surface area contributed by atoms with Gasteiger partial charge in [0.05, 0.1) is 0 Å². The van der Waals surface area contributed by atoms with Gasteiger partial charge in [0.2, 0.25) is 10.6 Å². The SMILES string of the molecule is CCCCn1nc(-c2n[nH]c(=S)n2N)cc1C. The molecule has 0 unspecified atom stereocenters. The number of nitrogen functional groups attached to an aromatic ring is 1. The smallest absolute Gasteiger partial charge is 0.214 e. The van der Waals surface area contributed by atoms with E-state index in [1.165, 1.54) is 4.68 Å². The quantitative estimate of drug-likeness (QED) is 0.640. The topological polar surface area (TPSA) is 77.5 Å². The van der Waals surface area contributed by atoms with Crippen molar-refractivity contribution in [2.75, 3.05) is 5.84 Å². The van der Waals surface area contributed by atoms with Crippen LogP contribution in [0.3, 0.4) is 0 Å². The summed E-state index contributed by atoms with van der Waals surface area (Å²) in [4.78, 5) is 0. The molecule has 2 rings (SSSR count). The third-order valence-electron chi connectivity index (χ3n) is 2.64. The van der Waals surface area contributed by atoms with Crippen LogP contribution in [0, 0.1) is 11.7 Å². The number of unbranched alkanes of at least 4 members (excludes halogenated alkanes) is 1. The summed E-state index contributed by atoms with van der Waals surface area (Å²) in [5, 5.41) is 11.2. The van der Waals surface area contributed by atoms with Crippen LogP contribution in [0.15, 0.2) is 6.07 Å². The number of nitrogens with zero attached hydrogens (tertiary/aromatic N) is 4. The molecule has 2 aromatic heterocycles. The maximum Gasteiger partial charge on any atom is 0.214 e. The summed E-state index contributed by atoms with van der Waals surface area (Å²) >= 11 is 4.97. The fraction of sp³-hybridized carbons (Fsp3) is 0.500. The van der Waals surface area contributed by atoms with Crippen LogP contribution in [0.2, 0.25) is 0 Å². The molecule has 0 aromatic carbocycles. The third kappa shape index (κ3) is 2.23. The monoisotopic (exact) mass is 252 g/mol. The Bertz CT molecular complexity index is 564. The van der Waals surface area contributed by atoms with Gasteiger partial charge in [0.15, 0.2) is 0 Å². The minimum absolute atomic E-state index is 0.390. The average Bonchev–Trinajstić information content (AvgIpc) is 2.82. The predicted octanol–water partition coefficient (Wildman–Crippen LogP) is 1.63. The summed E-state index contributed by atoms with van der Waals surface area (Å²) in [5.74, 6) is 6.33. The van der Waals surface area contributed by atoms with E-state index in [-0.39, 0.29) is 0 Å². The van der Waals surface area contributed by atoms with E-state index >= 15 is 0 Å². The summed E-state index contributed by atoms with van der Waals surface area (Å²) in [6, 6.07) is 1.96. The van der Waals surface area contributed by atoms with E-state index in [2.05, 4.69) is 22.2 Å². The van der Waals surface area contributed by atoms with Gasteiger partial charge in [-0.15, -0.1) is 0 Å². The highest BCUT2D eigenvalue weighted by Crippen LogP contribution is 2.15. The molecule has 0 radical (unpaired) electrons. The highest BCUT2D eigenvalue weighted by molar-refractivity contribution is 7.71. The van der Waals surface area contributed by atoms with Crippen molar-refractivity contribution in [3.8, 4) is 11.5 Å². The van der Waals surface area contributed by atoms with Gasteiger partial charge in [-0.05, 0) is 31.6 Å². The van der Waals surface area contributed by atoms with Crippen molar-refractivity contribution < 1.29 is 0 Å². The number of H-pyrrole nitrogens is 1. The third-order valence-corrected chi connectivity index (χ3v) is 2.93. The van der Waals surface area contributed by atoms with Gasteiger partial charge in [0.25, 0.3) is 0 Å². The Kier molecular flexibility index (Phi) is 3.28. The van der Waals surface area contributed by atoms with Gasteiger partial charge < -0.3 is 5.84 Å². The van der Waals surface area contributed by atoms with Crippen LogP contribution in [-0.4, -0.2) is 24.7 Å². The van der Waals surface area contributed by atoms with Gasteiger partial charge in [0, 0.05) is 12.2 Å². The number of aryl methyl sites for hydroxylation is 2. The fourth-order valence-electron chi connectivity index (χ4n) is 1.64. The summed E-state index contributed by atoms with van der Waals surface area (Å²) < 4.78 is 3.69. The van der Waals surface area contributed by atoms with E-state index in [1.807, 2.05) is 17.7 Å². The van der Waals surface area contributed by atoms with Crippen LogP contribution < -0.4 is 5.84 Å². The molecule has 0 bridgehead atoms. The first-order chi connectivity index (χ1) is 8.13. The van der Waals surface area contributed by atoms with E-state index in [4.69, 9.17) is 18.1 Å². The van der Waals surface area contributed by atoms with E-state index < -0.39 is 0 Å². The minimum atomic E-state index is 0.390. The Hall–Kier alpha value is -1.63. The van der Waals surface area contributed by atoms with Gasteiger partial charge in [-0.2, -0.15) is 10.2 Å². The molecule has 3 N–H and O–H groups in total. The molecule has 2 heterocycles. The average molecular weight is 252 g/mol. The lowest BCUT2D eigenvalue weighted by Gasteiger charge is -2.01. The zero-order valence-corrected chi connectivity index (χ0v) is 10.8. The largest absolute Gasteiger partial charge is 0.335 e. The van der Waals surface area contributed by atoms with Crippen LogP contribution >= 0.6 is 12.2 Å². The number of hydrogen-bond donors (Lipinski definition) is 2. The zero-order valence-electron chi connectivity index (χ0n) is 9.97. The molecule has 0 fully saturated rings. The molecule has 6 nitrogen and oxygen atoms in total. The van der Waals surface area contributed by atoms with Crippen molar-refractivity contribution >= 4 is 12.2 Å². The Morgan fingerprint density at radius 3 is 2.88 bits per heavy atom. The number of rotatable bonds is 4. The van der Waals surface area contributed by atoms with Crippen LogP contribution in [0.5, 0.6) is 0 Å². The second-order valence-corrected chi connectivity index (χ2v) is 4.36. The van der Waals surface area contributed by atoms with Crippen molar-refractivity contribution in [1.29, 1.82) is 0 Å². The van der Waals surface area contributed by atoms with E-state index in [0.717, 1.165) is 30.8 Å². The van der Waals surface area contributed by atoms with Crippen molar-refractivity contribution in [3.05, 3.63) is 16.5 Å². The van der Waals surface area contributed by atoms with E-state index in [1.54, 1.807) is 0 Å². The van der Waals surface area contributed by atoms with Crippen molar-refractivity contribution in [1.82, 2.24) is 24.7 Å². The molecule has 0 aliphatic heterocycles. The van der Waals surface area contributed by atoms with Gasteiger partial charge in [-0.25, -0.2) is 9.77 Å². The highest BCUT2D eigenvalue weighted by Gasteiger charge is 2.11. The zero-order chi connectivity index (χ0) is 12.4. The Morgan fingerprint density at radius 2 is 2.29 bits per heavy atom. The number of hydrogen-bond acceptors (Lipinski definition) is 4. The Balaban J connectivity index is 2.34. The molecule has 7 heteroatoms. The second kappa shape index (κ2) is 4.70. The van der Waals surface area contributed by atoms with E-state index in [9.17, 15) is 0 Å². The first-order valence-electron chi connectivity index (χ1n) is 5.60. The summed E-state index contributed by atoms with van der Waals surface area (Å²) in [6.07, 6.45) is 2.25. The van der Waals surface area contributed by atoms with Gasteiger partial charge in [-0.1, -0.05) is 13.3 Å². The summed E-state index contributed by atoms with van der Waals surface area (Å²) in [7, 11) is 0. The molecule has 0 aliphatic carbocycles.